The van der Waals surface area contributed by atoms with Crippen LogP contribution in [-0.2, 0) is 6.54 Å². The van der Waals surface area contributed by atoms with Gasteiger partial charge >= 0.3 is 0 Å². The molecule has 0 atom stereocenters. The highest BCUT2D eigenvalue weighted by Crippen LogP contribution is 2.47. The number of aromatic nitrogens is 1. The average molecular weight is 460 g/mol. The largest absolute Gasteiger partial charge is 0.359 e. The van der Waals surface area contributed by atoms with Crippen molar-refractivity contribution in [2.24, 2.45) is 10.4 Å². The first-order valence-corrected chi connectivity index (χ1v) is 9.68. The van der Waals surface area contributed by atoms with Crippen molar-refractivity contribution >= 4 is 29.9 Å². The first-order valence-electron chi connectivity index (χ1n) is 9.68. The van der Waals surface area contributed by atoms with Gasteiger partial charge < -0.3 is 14.7 Å². The zero-order chi connectivity index (χ0) is 17.0. The summed E-state index contributed by atoms with van der Waals surface area (Å²) in [5.74, 6) is 2.39. The molecule has 0 aromatic carbocycles. The monoisotopic (exact) mass is 460 g/mol. The maximum Gasteiger partial charge on any atom is 0.194 e. The van der Waals surface area contributed by atoms with Crippen LogP contribution in [0.3, 0.4) is 0 Å². The van der Waals surface area contributed by atoms with Gasteiger partial charge in [-0.15, -0.1) is 24.0 Å². The molecule has 1 aliphatic carbocycles. The highest BCUT2D eigenvalue weighted by Gasteiger charge is 2.43. The van der Waals surface area contributed by atoms with Gasteiger partial charge in [-0.25, -0.2) is 4.99 Å². The summed E-state index contributed by atoms with van der Waals surface area (Å²) in [6.07, 6.45) is 7.71. The standard InChI is InChI=1S/C19H32N4O.HI/c1-4-15(5-2)17-12-16(24-22-17)13-21-18(20-6-3)23-11-10-19(14-23)8-7-9-19;/h12,15H,4-11,13-14H2,1-3H3,(H,20,21);1H. The van der Waals surface area contributed by atoms with Gasteiger partial charge in [0, 0.05) is 31.6 Å². The zero-order valence-electron chi connectivity index (χ0n) is 15.9. The Hall–Kier alpha value is -0.790. The maximum absolute atomic E-state index is 5.51. The molecule has 2 aliphatic rings. The van der Waals surface area contributed by atoms with E-state index in [2.05, 4.69) is 42.2 Å². The van der Waals surface area contributed by atoms with Gasteiger partial charge in [0.05, 0.1) is 5.69 Å². The molecule has 6 heteroatoms. The molecule has 1 saturated carbocycles. The number of rotatable bonds is 6. The molecule has 2 heterocycles. The Bertz CT molecular complexity index is 564. The summed E-state index contributed by atoms with van der Waals surface area (Å²) >= 11 is 0. The first-order chi connectivity index (χ1) is 11.7. The minimum Gasteiger partial charge on any atom is -0.359 e. The van der Waals surface area contributed by atoms with E-state index in [9.17, 15) is 0 Å². The fourth-order valence-corrected chi connectivity index (χ4v) is 4.08. The second-order valence-corrected chi connectivity index (χ2v) is 7.43. The summed E-state index contributed by atoms with van der Waals surface area (Å²) in [6, 6.07) is 2.09. The van der Waals surface area contributed by atoms with Crippen molar-refractivity contribution in [1.82, 2.24) is 15.4 Å². The van der Waals surface area contributed by atoms with E-state index in [1.54, 1.807) is 0 Å². The zero-order valence-corrected chi connectivity index (χ0v) is 18.2. The van der Waals surface area contributed by atoms with Gasteiger partial charge in [0.2, 0.25) is 0 Å². The van der Waals surface area contributed by atoms with E-state index >= 15 is 0 Å². The van der Waals surface area contributed by atoms with E-state index in [1.807, 2.05) is 0 Å². The van der Waals surface area contributed by atoms with Crippen molar-refractivity contribution < 1.29 is 4.52 Å². The van der Waals surface area contributed by atoms with E-state index in [0.717, 1.165) is 49.9 Å². The summed E-state index contributed by atoms with van der Waals surface area (Å²) < 4.78 is 5.51. The fourth-order valence-electron chi connectivity index (χ4n) is 4.08. The van der Waals surface area contributed by atoms with Crippen LogP contribution in [0.25, 0.3) is 0 Å². The number of guanidine groups is 1. The lowest BCUT2D eigenvalue weighted by molar-refractivity contribution is 0.151. The van der Waals surface area contributed by atoms with Gasteiger partial charge in [-0.1, -0.05) is 25.4 Å². The molecule has 1 spiro atoms. The van der Waals surface area contributed by atoms with Crippen LogP contribution in [0.1, 0.15) is 76.7 Å². The molecule has 5 nitrogen and oxygen atoms in total. The van der Waals surface area contributed by atoms with Crippen LogP contribution < -0.4 is 5.32 Å². The van der Waals surface area contributed by atoms with Crippen LogP contribution in [0.2, 0.25) is 0 Å². The van der Waals surface area contributed by atoms with Gasteiger partial charge in [-0.05, 0) is 44.4 Å². The molecule has 1 saturated heterocycles. The second-order valence-electron chi connectivity index (χ2n) is 7.43. The van der Waals surface area contributed by atoms with Crippen LogP contribution in [0.15, 0.2) is 15.6 Å². The molecule has 3 rings (SSSR count). The summed E-state index contributed by atoms with van der Waals surface area (Å²) in [4.78, 5) is 7.24. The lowest BCUT2D eigenvalue weighted by Crippen LogP contribution is -2.42. The van der Waals surface area contributed by atoms with Crippen molar-refractivity contribution in [2.75, 3.05) is 19.6 Å². The molecule has 1 aromatic heterocycles. The third kappa shape index (κ3) is 4.68. The van der Waals surface area contributed by atoms with Crippen molar-refractivity contribution in [3.63, 3.8) is 0 Å². The van der Waals surface area contributed by atoms with Crippen LogP contribution >= 0.6 is 24.0 Å². The molecular formula is C19H33IN4O. The van der Waals surface area contributed by atoms with Gasteiger partial charge in [-0.3, -0.25) is 0 Å². The van der Waals surface area contributed by atoms with E-state index in [0.29, 0.717) is 17.9 Å². The van der Waals surface area contributed by atoms with Crippen molar-refractivity contribution in [3.05, 3.63) is 17.5 Å². The molecule has 0 bridgehead atoms. The Morgan fingerprint density at radius 1 is 1.32 bits per heavy atom. The summed E-state index contributed by atoms with van der Waals surface area (Å²) in [6.45, 7) is 10.3. The summed E-state index contributed by atoms with van der Waals surface area (Å²) in [5.41, 5.74) is 1.66. The highest BCUT2D eigenvalue weighted by atomic mass is 127. The third-order valence-electron chi connectivity index (χ3n) is 5.85. The molecular weight excluding hydrogens is 427 g/mol. The quantitative estimate of drug-likeness (QED) is 0.385. The van der Waals surface area contributed by atoms with Gasteiger partial charge in [-0.2, -0.15) is 0 Å². The minimum absolute atomic E-state index is 0. The van der Waals surface area contributed by atoms with Crippen molar-refractivity contribution in [2.45, 2.75) is 71.8 Å². The maximum atomic E-state index is 5.51. The first kappa shape index (κ1) is 20.5. The predicted octanol–water partition coefficient (Wildman–Crippen LogP) is 4.54. The molecule has 1 N–H and O–H groups in total. The van der Waals surface area contributed by atoms with E-state index in [1.165, 1.54) is 25.7 Å². The van der Waals surface area contributed by atoms with Gasteiger partial charge in [0.25, 0.3) is 0 Å². The number of nitrogens with one attached hydrogen (secondary N) is 1. The Morgan fingerprint density at radius 3 is 2.64 bits per heavy atom. The summed E-state index contributed by atoms with van der Waals surface area (Å²) in [7, 11) is 0. The second kappa shape index (κ2) is 9.24. The molecule has 0 radical (unpaired) electrons. The Labute approximate surface area is 169 Å². The van der Waals surface area contributed by atoms with Crippen LogP contribution in [0.4, 0.5) is 0 Å². The predicted molar refractivity (Wildman–Crippen MR) is 113 cm³/mol. The number of halogens is 1. The Balaban J connectivity index is 0.00000225. The summed E-state index contributed by atoms with van der Waals surface area (Å²) in [5, 5.41) is 7.69. The van der Waals surface area contributed by atoms with Gasteiger partial charge in [0.15, 0.2) is 11.7 Å². The van der Waals surface area contributed by atoms with E-state index < -0.39 is 0 Å². The molecule has 1 aromatic rings. The lowest BCUT2D eigenvalue weighted by atomic mass is 9.68. The molecule has 0 unspecified atom stereocenters. The van der Waals surface area contributed by atoms with E-state index in [-0.39, 0.29) is 24.0 Å². The molecule has 0 amide bonds. The Kier molecular flexibility index (Phi) is 7.58. The fraction of sp³-hybridized carbons (Fsp3) is 0.789. The van der Waals surface area contributed by atoms with Crippen LogP contribution in [0, 0.1) is 5.41 Å². The number of hydrogen-bond acceptors (Lipinski definition) is 3. The minimum atomic E-state index is 0. The molecule has 25 heavy (non-hydrogen) atoms. The van der Waals surface area contributed by atoms with Crippen molar-refractivity contribution in [1.29, 1.82) is 0 Å². The third-order valence-corrected chi connectivity index (χ3v) is 5.85. The van der Waals surface area contributed by atoms with Gasteiger partial charge in [0.1, 0.15) is 6.54 Å². The number of aliphatic imine (C=N–C) groups is 1. The van der Waals surface area contributed by atoms with Crippen LogP contribution in [-0.4, -0.2) is 35.7 Å². The number of likely N-dealkylation sites (tertiary alicyclic amines) is 1. The van der Waals surface area contributed by atoms with E-state index in [4.69, 9.17) is 9.52 Å². The van der Waals surface area contributed by atoms with Crippen molar-refractivity contribution in [3.8, 4) is 0 Å². The average Bonchev–Trinajstić information content (AvgIpc) is 3.20. The number of nitrogens with zero attached hydrogens (tertiary/aromatic N) is 3. The Morgan fingerprint density at radius 2 is 2.08 bits per heavy atom. The van der Waals surface area contributed by atoms with Crippen LogP contribution in [0.5, 0.6) is 0 Å². The molecule has 2 fully saturated rings. The number of hydrogen-bond donors (Lipinski definition) is 1. The normalized spacial score (nSPS) is 19.2. The topological polar surface area (TPSA) is 53.7 Å². The SMILES string of the molecule is CCNC(=NCc1cc(C(CC)CC)no1)N1CCC2(CCC2)C1.I. The lowest BCUT2D eigenvalue weighted by Gasteiger charge is -2.38. The smallest absolute Gasteiger partial charge is 0.194 e. The molecule has 142 valence electrons. The molecule has 1 aliphatic heterocycles. The highest BCUT2D eigenvalue weighted by molar-refractivity contribution is 14.0.